The van der Waals surface area contributed by atoms with Crippen LogP contribution in [0.2, 0.25) is 5.02 Å². The predicted octanol–water partition coefficient (Wildman–Crippen LogP) is 3.41. The fourth-order valence-electron chi connectivity index (χ4n) is 1.41. The second kappa shape index (κ2) is 4.94. The van der Waals surface area contributed by atoms with E-state index in [-0.39, 0.29) is 28.9 Å². The van der Waals surface area contributed by atoms with Gasteiger partial charge in [-0.3, -0.25) is 0 Å². The fourth-order valence-corrected chi connectivity index (χ4v) is 1.65. The Morgan fingerprint density at radius 1 is 1.35 bits per heavy atom. The summed E-state index contributed by atoms with van der Waals surface area (Å²) >= 11 is 5.85. The third-order valence-corrected chi connectivity index (χ3v) is 2.74. The Bertz CT molecular complexity index is 534. The quantitative estimate of drug-likeness (QED) is 0.592. The second-order valence-electron chi connectivity index (χ2n) is 3.44. The smallest absolute Gasteiger partial charge is 0.397 e. The molecule has 6 heteroatoms. The number of hydrogen-bond donors (Lipinski definition) is 0. The minimum absolute atomic E-state index is 0. The van der Waals surface area contributed by atoms with Gasteiger partial charge in [0.05, 0.1) is 5.02 Å². The first-order chi connectivity index (χ1) is 7.52. The number of halogens is 3. The normalized spacial score (nSPS) is 10.1. The lowest BCUT2D eigenvalue weighted by molar-refractivity contribution is -0.603. The van der Waals surface area contributed by atoms with E-state index in [9.17, 15) is 9.60 Å². The van der Waals surface area contributed by atoms with Crippen LogP contribution in [0.4, 0.5) is 4.39 Å². The molecule has 3 nitrogen and oxygen atoms in total. The van der Waals surface area contributed by atoms with Gasteiger partial charge in [0.2, 0.25) is 5.69 Å². The van der Waals surface area contributed by atoms with Gasteiger partial charge in [-0.1, -0.05) is 17.7 Å². The topological polar surface area (TPSA) is 40.1 Å². The van der Waals surface area contributed by atoms with Crippen molar-refractivity contribution in [3.8, 4) is 11.5 Å². The van der Waals surface area contributed by atoms with Gasteiger partial charge in [0.25, 0.3) is 0 Å². The van der Waals surface area contributed by atoms with E-state index in [2.05, 4.69) is 0 Å². The van der Waals surface area contributed by atoms with E-state index in [1.54, 1.807) is 13.8 Å². The van der Waals surface area contributed by atoms with Crippen LogP contribution in [-0.2, 0) is 0 Å². The molecule has 1 aromatic carbocycles. The molecular weight excluding hydrogens is 268 g/mol. The van der Waals surface area contributed by atoms with Gasteiger partial charge in [-0.05, 0) is 12.1 Å². The Hall–Kier alpha value is -1.26. The summed E-state index contributed by atoms with van der Waals surface area (Å²) in [6.45, 7) is 3.24. The molecule has 0 fully saturated rings. The van der Waals surface area contributed by atoms with Gasteiger partial charge in [0, 0.05) is 13.8 Å². The zero-order valence-electron chi connectivity index (χ0n) is 9.16. The van der Waals surface area contributed by atoms with Gasteiger partial charge in [-0.15, -0.1) is 17.1 Å². The van der Waals surface area contributed by atoms with E-state index in [0.29, 0.717) is 16.2 Å². The predicted molar refractivity (Wildman–Crippen MR) is 64.8 cm³/mol. The van der Waals surface area contributed by atoms with Crippen molar-refractivity contribution in [3.05, 3.63) is 45.7 Å². The lowest BCUT2D eigenvalue weighted by atomic mass is 10.2. The Morgan fingerprint density at radius 3 is 2.47 bits per heavy atom. The SMILES string of the molecule is Cc1oc(-c2c(F)cccc2Cl)[n+]([O-])c1C.Cl. The molecule has 0 aliphatic carbocycles. The number of rotatable bonds is 1. The molecule has 0 aliphatic rings. The third kappa shape index (κ3) is 2.23. The molecule has 0 amide bonds. The molecule has 0 unspecified atom stereocenters. The highest BCUT2D eigenvalue weighted by Crippen LogP contribution is 2.29. The second-order valence-corrected chi connectivity index (χ2v) is 3.85. The van der Waals surface area contributed by atoms with Crippen molar-refractivity contribution in [3.63, 3.8) is 0 Å². The molecule has 0 spiro atoms. The molecule has 2 rings (SSSR count). The molecule has 0 radical (unpaired) electrons. The number of benzene rings is 1. The number of hydrogen-bond acceptors (Lipinski definition) is 2. The van der Waals surface area contributed by atoms with E-state index in [0.717, 1.165) is 0 Å². The van der Waals surface area contributed by atoms with Crippen molar-refractivity contribution in [2.45, 2.75) is 13.8 Å². The molecule has 0 aliphatic heterocycles. The molecular formula is C11H10Cl2FNO2. The highest BCUT2D eigenvalue weighted by molar-refractivity contribution is 6.33. The van der Waals surface area contributed by atoms with Crippen LogP contribution < -0.4 is 4.73 Å². The van der Waals surface area contributed by atoms with Crippen LogP contribution in [0.1, 0.15) is 11.5 Å². The van der Waals surface area contributed by atoms with Crippen LogP contribution in [0.5, 0.6) is 0 Å². The summed E-state index contributed by atoms with van der Waals surface area (Å²) < 4.78 is 19.3. The molecule has 17 heavy (non-hydrogen) atoms. The summed E-state index contributed by atoms with van der Waals surface area (Å²) in [4.78, 5) is 0. The molecule has 1 heterocycles. The maximum Gasteiger partial charge on any atom is 0.397 e. The van der Waals surface area contributed by atoms with Gasteiger partial charge < -0.3 is 9.62 Å². The van der Waals surface area contributed by atoms with Crippen LogP contribution in [-0.4, -0.2) is 0 Å². The maximum atomic E-state index is 13.6. The first-order valence-corrected chi connectivity index (χ1v) is 5.04. The summed E-state index contributed by atoms with van der Waals surface area (Å²) in [5.74, 6) is -0.242. The summed E-state index contributed by atoms with van der Waals surface area (Å²) in [5.41, 5.74) is 0.393. The standard InChI is InChI=1S/C11H9ClFNO2.ClH/c1-6-7(2)16-11(14(6)15)10-8(12)4-3-5-9(10)13;/h3-5H,1-2H3;1H. The van der Waals surface area contributed by atoms with Gasteiger partial charge in [0.15, 0.2) is 5.76 Å². The van der Waals surface area contributed by atoms with Crippen molar-refractivity contribution < 1.29 is 13.5 Å². The first kappa shape index (κ1) is 13.8. The molecule has 92 valence electrons. The van der Waals surface area contributed by atoms with Gasteiger partial charge in [0.1, 0.15) is 11.4 Å². The molecule has 0 saturated heterocycles. The van der Waals surface area contributed by atoms with Crippen LogP contribution in [0.25, 0.3) is 11.5 Å². The first-order valence-electron chi connectivity index (χ1n) is 4.66. The molecule has 0 N–H and O–H groups in total. The van der Waals surface area contributed by atoms with Gasteiger partial charge in [-0.2, -0.15) is 0 Å². The van der Waals surface area contributed by atoms with E-state index < -0.39 is 5.82 Å². The van der Waals surface area contributed by atoms with Crippen molar-refractivity contribution in [1.29, 1.82) is 0 Å². The molecule has 2 aromatic rings. The van der Waals surface area contributed by atoms with Crippen LogP contribution >= 0.6 is 24.0 Å². The summed E-state index contributed by atoms with van der Waals surface area (Å²) in [6.07, 6.45) is 0. The van der Waals surface area contributed by atoms with Crippen molar-refractivity contribution >= 4 is 24.0 Å². The van der Waals surface area contributed by atoms with Crippen molar-refractivity contribution in [2.75, 3.05) is 0 Å². The average Bonchev–Trinajstić information content (AvgIpc) is 2.47. The molecule has 0 bridgehead atoms. The zero-order valence-corrected chi connectivity index (χ0v) is 10.7. The van der Waals surface area contributed by atoms with Crippen LogP contribution in [0, 0.1) is 24.9 Å². The summed E-state index contributed by atoms with van der Waals surface area (Å²) in [5, 5.41) is 11.8. The van der Waals surface area contributed by atoms with Crippen LogP contribution in [0.3, 0.4) is 0 Å². The lowest BCUT2D eigenvalue weighted by Gasteiger charge is -2.01. The zero-order chi connectivity index (χ0) is 11.9. The van der Waals surface area contributed by atoms with Crippen molar-refractivity contribution in [1.82, 2.24) is 0 Å². The molecule has 1 aromatic heterocycles. The minimum Gasteiger partial charge on any atom is -0.616 e. The average molecular weight is 278 g/mol. The Labute approximate surface area is 109 Å². The van der Waals surface area contributed by atoms with E-state index in [1.165, 1.54) is 18.2 Å². The maximum absolute atomic E-state index is 13.6. The molecule has 0 atom stereocenters. The number of nitrogens with zero attached hydrogens (tertiary/aromatic N) is 1. The largest absolute Gasteiger partial charge is 0.616 e. The van der Waals surface area contributed by atoms with E-state index in [1.807, 2.05) is 0 Å². The number of aryl methyl sites for hydroxylation is 1. The van der Waals surface area contributed by atoms with E-state index in [4.69, 9.17) is 16.0 Å². The summed E-state index contributed by atoms with van der Waals surface area (Å²) in [7, 11) is 0. The summed E-state index contributed by atoms with van der Waals surface area (Å²) in [6, 6.07) is 4.21. The van der Waals surface area contributed by atoms with E-state index >= 15 is 0 Å². The minimum atomic E-state index is -0.578. The number of aromatic nitrogens is 1. The molecule has 0 saturated carbocycles. The monoisotopic (exact) mass is 277 g/mol. The Balaban J connectivity index is 0.00000144. The van der Waals surface area contributed by atoms with Crippen LogP contribution in [0.15, 0.2) is 22.6 Å². The third-order valence-electron chi connectivity index (χ3n) is 2.42. The van der Waals surface area contributed by atoms with Gasteiger partial charge >= 0.3 is 5.89 Å². The highest BCUT2D eigenvalue weighted by atomic mass is 35.5. The Morgan fingerprint density at radius 2 is 2.00 bits per heavy atom. The fraction of sp³-hybridized carbons (Fsp3) is 0.182. The van der Waals surface area contributed by atoms with Gasteiger partial charge in [-0.25, -0.2) is 4.39 Å². The number of oxazole rings is 1. The van der Waals surface area contributed by atoms with Crippen molar-refractivity contribution in [2.24, 2.45) is 0 Å². The highest BCUT2D eigenvalue weighted by Gasteiger charge is 2.25. The Kier molecular flexibility index (Phi) is 4.01. The lowest BCUT2D eigenvalue weighted by Crippen LogP contribution is -2.29.